The molecule has 2 aromatic rings. The average Bonchev–Trinajstić information content (AvgIpc) is 2.78. The molecule has 0 fully saturated rings. The lowest BCUT2D eigenvalue weighted by molar-refractivity contribution is 0.546. The van der Waals surface area contributed by atoms with E-state index in [0.717, 1.165) is 12.8 Å². The SMILES string of the molecule is NCCCCn1nnnc1-c1ccccc1F. The van der Waals surface area contributed by atoms with E-state index in [-0.39, 0.29) is 5.82 Å². The number of halogens is 1. The van der Waals surface area contributed by atoms with Gasteiger partial charge in [0.05, 0.1) is 5.56 Å². The van der Waals surface area contributed by atoms with Crippen LogP contribution in [0.25, 0.3) is 11.4 Å². The number of nitrogens with zero attached hydrogens (tertiary/aromatic N) is 4. The highest BCUT2D eigenvalue weighted by Gasteiger charge is 2.12. The van der Waals surface area contributed by atoms with Crippen molar-refractivity contribution in [3.8, 4) is 11.4 Å². The molecule has 1 aromatic heterocycles. The van der Waals surface area contributed by atoms with Gasteiger partial charge in [0, 0.05) is 6.54 Å². The van der Waals surface area contributed by atoms with E-state index in [1.54, 1.807) is 22.9 Å². The molecule has 2 N–H and O–H groups in total. The minimum Gasteiger partial charge on any atom is -0.330 e. The van der Waals surface area contributed by atoms with Crippen LogP contribution >= 0.6 is 0 Å². The molecule has 0 bridgehead atoms. The summed E-state index contributed by atoms with van der Waals surface area (Å²) in [5, 5.41) is 11.3. The van der Waals surface area contributed by atoms with Crippen molar-refractivity contribution in [2.45, 2.75) is 19.4 Å². The van der Waals surface area contributed by atoms with Gasteiger partial charge in [0.25, 0.3) is 0 Å². The van der Waals surface area contributed by atoms with Crippen LogP contribution in [0.5, 0.6) is 0 Å². The van der Waals surface area contributed by atoms with E-state index >= 15 is 0 Å². The minimum atomic E-state index is -0.317. The quantitative estimate of drug-likeness (QED) is 0.791. The fourth-order valence-electron chi connectivity index (χ4n) is 1.60. The number of aryl methyl sites for hydroxylation is 1. The van der Waals surface area contributed by atoms with Crippen molar-refractivity contribution in [2.75, 3.05) is 6.54 Å². The first-order valence-corrected chi connectivity index (χ1v) is 5.54. The lowest BCUT2D eigenvalue weighted by Crippen LogP contribution is -2.06. The van der Waals surface area contributed by atoms with Gasteiger partial charge in [0.1, 0.15) is 5.82 Å². The van der Waals surface area contributed by atoms with Gasteiger partial charge in [-0.3, -0.25) is 0 Å². The highest BCUT2D eigenvalue weighted by molar-refractivity contribution is 5.55. The highest BCUT2D eigenvalue weighted by Crippen LogP contribution is 2.19. The van der Waals surface area contributed by atoms with Gasteiger partial charge in [-0.1, -0.05) is 12.1 Å². The van der Waals surface area contributed by atoms with Gasteiger partial charge in [-0.05, 0) is 41.9 Å². The first-order valence-electron chi connectivity index (χ1n) is 5.54. The lowest BCUT2D eigenvalue weighted by atomic mass is 10.2. The first kappa shape index (κ1) is 11.7. The van der Waals surface area contributed by atoms with Crippen LogP contribution < -0.4 is 5.73 Å². The maximum absolute atomic E-state index is 13.6. The maximum Gasteiger partial charge on any atom is 0.184 e. The molecular weight excluding hydrogens is 221 g/mol. The van der Waals surface area contributed by atoms with Crippen LogP contribution in [0.2, 0.25) is 0 Å². The van der Waals surface area contributed by atoms with Crippen molar-refractivity contribution < 1.29 is 4.39 Å². The van der Waals surface area contributed by atoms with Crippen molar-refractivity contribution in [1.82, 2.24) is 20.2 Å². The zero-order chi connectivity index (χ0) is 12.1. The van der Waals surface area contributed by atoms with Crippen molar-refractivity contribution in [2.24, 2.45) is 5.73 Å². The Bertz CT molecular complexity index is 482. The molecule has 0 atom stereocenters. The lowest BCUT2D eigenvalue weighted by Gasteiger charge is -2.04. The van der Waals surface area contributed by atoms with E-state index < -0.39 is 0 Å². The van der Waals surface area contributed by atoms with Crippen LogP contribution in [0.1, 0.15) is 12.8 Å². The zero-order valence-corrected chi connectivity index (χ0v) is 9.38. The van der Waals surface area contributed by atoms with E-state index in [1.165, 1.54) is 6.07 Å². The number of rotatable bonds is 5. The molecule has 0 unspecified atom stereocenters. The standard InChI is InChI=1S/C11H14FN5/c12-10-6-2-1-5-9(10)11-14-15-16-17(11)8-4-3-7-13/h1-2,5-6H,3-4,7-8,13H2. The summed E-state index contributed by atoms with van der Waals surface area (Å²) >= 11 is 0. The molecule has 5 nitrogen and oxygen atoms in total. The summed E-state index contributed by atoms with van der Waals surface area (Å²) in [6.07, 6.45) is 1.78. The smallest absolute Gasteiger partial charge is 0.184 e. The third-order valence-corrected chi connectivity index (χ3v) is 2.47. The Kier molecular flexibility index (Phi) is 3.77. The normalized spacial score (nSPS) is 10.7. The molecule has 1 aromatic carbocycles. The molecule has 6 heteroatoms. The predicted octanol–water partition coefficient (Wildman–Crippen LogP) is 1.22. The number of benzene rings is 1. The Hall–Kier alpha value is -1.82. The summed E-state index contributed by atoms with van der Waals surface area (Å²) in [7, 11) is 0. The van der Waals surface area contributed by atoms with Gasteiger partial charge < -0.3 is 5.73 Å². The monoisotopic (exact) mass is 235 g/mol. The van der Waals surface area contributed by atoms with Crippen molar-refractivity contribution in [1.29, 1.82) is 0 Å². The Morgan fingerprint density at radius 2 is 2.06 bits per heavy atom. The Labute approximate surface area is 98.4 Å². The van der Waals surface area contributed by atoms with Crippen molar-refractivity contribution in [3.05, 3.63) is 30.1 Å². The predicted molar refractivity (Wildman–Crippen MR) is 61.5 cm³/mol. The number of hydrogen-bond acceptors (Lipinski definition) is 4. The number of hydrogen-bond donors (Lipinski definition) is 1. The topological polar surface area (TPSA) is 69.6 Å². The number of tetrazole rings is 1. The minimum absolute atomic E-state index is 0.317. The summed E-state index contributed by atoms with van der Waals surface area (Å²) in [6.45, 7) is 1.28. The van der Waals surface area contributed by atoms with Crippen molar-refractivity contribution >= 4 is 0 Å². The maximum atomic E-state index is 13.6. The fraction of sp³-hybridized carbons (Fsp3) is 0.364. The number of unbranched alkanes of at least 4 members (excludes halogenated alkanes) is 1. The van der Waals surface area contributed by atoms with Crippen LogP contribution in [0, 0.1) is 5.82 Å². The van der Waals surface area contributed by atoms with Crippen molar-refractivity contribution in [3.63, 3.8) is 0 Å². The molecule has 0 aliphatic carbocycles. The molecule has 0 saturated heterocycles. The second kappa shape index (κ2) is 5.49. The third kappa shape index (κ3) is 2.65. The molecule has 0 spiro atoms. The molecule has 0 amide bonds. The van der Waals surface area contributed by atoms with Gasteiger partial charge in [-0.15, -0.1) is 5.10 Å². The Morgan fingerprint density at radius 1 is 1.24 bits per heavy atom. The molecule has 0 aliphatic heterocycles. The summed E-state index contributed by atoms with van der Waals surface area (Å²) in [5.74, 6) is 0.141. The van der Waals surface area contributed by atoms with Crippen LogP contribution in [0.3, 0.4) is 0 Å². The summed E-state index contributed by atoms with van der Waals surface area (Å²) in [6, 6.07) is 6.47. The number of aromatic nitrogens is 4. The van der Waals surface area contributed by atoms with Gasteiger partial charge in [0.2, 0.25) is 0 Å². The van der Waals surface area contributed by atoms with Crippen LogP contribution in [0.4, 0.5) is 4.39 Å². The summed E-state index contributed by atoms with van der Waals surface area (Å²) < 4.78 is 15.2. The third-order valence-electron chi connectivity index (χ3n) is 2.47. The zero-order valence-electron chi connectivity index (χ0n) is 9.38. The molecule has 2 rings (SSSR count). The van der Waals surface area contributed by atoms with Gasteiger partial charge in [-0.2, -0.15) is 0 Å². The molecule has 1 heterocycles. The van der Waals surface area contributed by atoms with E-state index in [4.69, 9.17) is 5.73 Å². The molecule has 0 aliphatic rings. The second-order valence-corrected chi connectivity index (χ2v) is 3.70. The van der Waals surface area contributed by atoms with Gasteiger partial charge in [0.15, 0.2) is 5.82 Å². The Balaban J connectivity index is 2.22. The number of nitrogens with two attached hydrogens (primary N) is 1. The van der Waals surface area contributed by atoms with E-state index in [2.05, 4.69) is 15.5 Å². The van der Waals surface area contributed by atoms with Crippen LogP contribution in [-0.2, 0) is 6.54 Å². The molecule has 90 valence electrons. The largest absolute Gasteiger partial charge is 0.330 e. The highest BCUT2D eigenvalue weighted by atomic mass is 19.1. The van der Waals surface area contributed by atoms with E-state index in [0.29, 0.717) is 24.5 Å². The van der Waals surface area contributed by atoms with E-state index in [1.807, 2.05) is 0 Å². The summed E-state index contributed by atoms with van der Waals surface area (Å²) in [5.41, 5.74) is 5.84. The first-order chi connectivity index (χ1) is 8.33. The fourth-order valence-corrected chi connectivity index (χ4v) is 1.60. The summed E-state index contributed by atoms with van der Waals surface area (Å²) in [4.78, 5) is 0. The Morgan fingerprint density at radius 3 is 2.82 bits per heavy atom. The second-order valence-electron chi connectivity index (χ2n) is 3.70. The van der Waals surface area contributed by atoms with E-state index in [9.17, 15) is 4.39 Å². The average molecular weight is 235 g/mol. The van der Waals surface area contributed by atoms with Gasteiger partial charge in [-0.25, -0.2) is 9.07 Å². The van der Waals surface area contributed by atoms with Crippen LogP contribution in [0.15, 0.2) is 24.3 Å². The molecule has 0 radical (unpaired) electrons. The van der Waals surface area contributed by atoms with Crippen LogP contribution in [-0.4, -0.2) is 26.8 Å². The van der Waals surface area contributed by atoms with Gasteiger partial charge >= 0.3 is 0 Å². The molecule has 0 saturated carbocycles. The molecule has 17 heavy (non-hydrogen) atoms. The molecular formula is C11H14FN5.